The summed E-state index contributed by atoms with van der Waals surface area (Å²) >= 11 is 0. The van der Waals surface area contributed by atoms with Crippen molar-refractivity contribution in [2.75, 3.05) is 0 Å². The molecule has 0 saturated heterocycles. The lowest BCUT2D eigenvalue weighted by Crippen LogP contribution is -2.00. The second kappa shape index (κ2) is 5.76. The second-order valence-electron chi connectivity index (χ2n) is 3.78. The number of hydrogen-bond donors (Lipinski definition) is 0. The number of halogens is 2. The van der Waals surface area contributed by atoms with Crippen molar-refractivity contribution in [3.63, 3.8) is 0 Å². The third-order valence-electron chi connectivity index (χ3n) is 2.35. The van der Waals surface area contributed by atoms with Gasteiger partial charge in [-0.05, 0) is 18.2 Å². The third-order valence-corrected chi connectivity index (χ3v) is 3.71. The van der Waals surface area contributed by atoms with E-state index in [0.29, 0.717) is 12.3 Å². The van der Waals surface area contributed by atoms with Gasteiger partial charge in [0.2, 0.25) is 11.7 Å². The van der Waals surface area contributed by atoms with Crippen molar-refractivity contribution in [2.45, 2.75) is 24.8 Å². The largest absolute Gasteiger partial charge is 0.482 e. The van der Waals surface area contributed by atoms with Crippen molar-refractivity contribution in [2.24, 2.45) is 0 Å². The van der Waals surface area contributed by atoms with Crippen LogP contribution in [0.15, 0.2) is 27.6 Å². The smallest absolute Gasteiger partial charge is 0.261 e. The van der Waals surface area contributed by atoms with Gasteiger partial charge in [0, 0.05) is 17.1 Å². The maximum atomic E-state index is 13.6. The second-order valence-corrected chi connectivity index (χ2v) is 6.34. The van der Waals surface area contributed by atoms with Gasteiger partial charge in [0.15, 0.2) is 18.2 Å². The van der Waals surface area contributed by atoms with E-state index in [9.17, 15) is 12.8 Å². The summed E-state index contributed by atoms with van der Waals surface area (Å²) in [5, 5.41) is 3.64. The molecule has 0 bridgehead atoms. The molecule has 9 heteroatoms. The molecule has 0 aliphatic heterocycles. The van der Waals surface area contributed by atoms with Crippen molar-refractivity contribution < 1.29 is 22.1 Å². The molecule has 2 rings (SSSR count). The minimum Gasteiger partial charge on any atom is -0.482 e. The number of hydrogen-bond acceptors (Lipinski definition) is 6. The van der Waals surface area contributed by atoms with Crippen molar-refractivity contribution >= 4 is 19.7 Å². The van der Waals surface area contributed by atoms with E-state index in [1.807, 2.05) is 6.92 Å². The van der Waals surface area contributed by atoms with Crippen molar-refractivity contribution in [3.8, 4) is 5.75 Å². The van der Waals surface area contributed by atoms with E-state index in [-0.39, 0.29) is 23.1 Å². The highest BCUT2D eigenvalue weighted by molar-refractivity contribution is 8.13. The van der Waals surface area contributed by atoms with Gasteiger partial charge >= 0.3 is 0 Å². The summed E-state index contributed by atoms with van der Waals surface area (Å²) in [6.07, 6.45) is 0.587. The van der Waals surface area contributed by atoms with E-state index in [4.69, 9.17) is 19.9 Å². The molecule has 0 N–H and O–H groups in total. The van der Waals surface area contributed by atoms with Gasteiger partial charge in [0.1, 0.15) is 0 Å². The Morgan fingerprint density at radius 2 is 2.20 bits per heavy atom. The van der Waals surface area contributed by atoms with Crippen LogP contribution in [0.25, 0.3) is 0 Å². The lowest BCUT2D eigenvalue weighted by molar-refractivity contribution is 0.272. The van der Waals surface area contributed by atoms with E-state index in [1.54, 1.807) is 0 Å². The lowest BCUT2D eigenvalue weighted by Gasteiger charge is -2.05. The summed E-state index contributed by atoms with van der Waals surface area (Å²) in [6, 6.07) is 3.10. The molecule has 0 aliphatic rings. The van der Waals surface area contributed by atoms with Crippen LogP contribution in [0, 0.1) is 5.82 Å². The normalized spacial score (nSPS) is 11.6. The number of benzene rings is 1. The van der Waals surface area contributed by atoms with Gasteiger partial charge in [-0.15, -0.1) is 0 Å². The molecule has 0 amide bonds. The summed E-state index contributed by atoms with van der Waals surface area (Å²) in [5.41, 5.74) is 0. The van der Waals surface area contributed by atoms with Crippen molar-refractivity contribution in [1.82, 2.24) is 10.1 Å². The van der Waals surface area contributed by atoms with Gasteiger partial charge in [-0.3, -0.25) is 0 Å². The zero-order valence-corrected chi connectivity index (χ0v) is 11.9. The molecule has 0 saturated carbocycles. The first kappa shape index (κ1) is 14.7. The van der Waals surface area contributed by atoms with Gasteiger partial charge in [-0.1, -0.05) is 12.1 Å². The highest BCUT2D eigenvalue weighted by atomic mass is 35.7. The Bertz CT molecular complexity index is 717. The van der Waals surface area contributed by atoms with Gasteiger partial charge in [-0.2, -0.15) is 4.98 Å². The SMILES string of the molecule is CCc1nc(COc2ccc(S(=O)(=O)Cl)cc2F)no1. The molecule has 0 fully saturated rings. The van der Waals surface area contributed by atoms with Gasteiger partial charge in [0.05, 0.1) is 4.90 Å². The van der Waals surface area contributed by atoms with Crippen LogP contribution >= 0.6 is 10.7 Å². The minimum atomic E-state index is -3.97. The third kappa shape index (κ3) is 3.45. The lowest BCUT2D eigenvalue weighted by atomic mass is 10.3. The van der Waals surface area contributed by atoms with Crippen LogP contribution in [0.4, 0.5) is 4.39 Å². The Kier molecular flexibility index (Phi) is 4.24. The molecule has 1 aromatic heterocycles. The molecular weight excluding hydrogens is 311 g/mol. The van der Waals surface area contributed by atoms with Crippen LogP contribution in [0.3, 0.4) is 0 Å². The topological polar surface area (TPSA) is 82.3 Å². The molecule has 1 aromatic carbocycles. The van der Waals surface area contributed by atoms with Crippen LogP contribution in [0.1, 0.15) is 18.6 Å². The fourth-order valence-corrected chi connectivity index (χ4v) is 2.15. The predicted molar refractivity (Wildman–Crippen MR) is 67.4 cm³/mol. The van der Waals surface area contributed by atoms with E-state index in [2.05, 4.69) is 10.1 Å². The van der Waals surface area contributed by atoms with Crippen LogP contribution in [-0.4, -0.2) is 18.6 Å². The van der Waals surface area contributed by atoms with E-state index in [0.717, 1.165) is 12.1 Å². The van der Waals surface area contributed by atoms with Gasteiger partial charge in [0.25, 0.3) is 9.05 Å². The maximum absolute atomic E-state index is 13.6. The molecule has 0 radical (unpaired) electrons. The highest BCUT2D eigenvalue weighted by Gasteiger charge is 2.14. The van der Waals surface area contributed by atoms with Crippen LogP contribution in [0.5, 0.6) is 5.75 Å². The first-order valence-corrected chi connectivity index (χ1v) is 7.89. The average Bonchev–Trinajstić information content (AvgIpc) is 2.84. The maximum Gasteiger partial charge on any atom is 0.261 e. The summed E-state index contributed by atoms with van der Waals surface area (Å²) < 4.78 is 45.7. The highest BCUT2D eigenvalue weighted by Crippen LogP contribution is 2.23. The molecule has 0 spiro atoms. The first-order chi connectivity index (χ1) is 9.40. The van der Waals surface area contributed by atoms with Gasteiger partial charge in [-0.25, -0.2) is 12.8 Å². The molecule has 2 aromatic rings. The Hall–Kier alpha value is -1.67. The Balaban J connectivity index is 2.10. The van der Waals surface area contributed by atoms with Crippen LogP contribution in [-0.2, 0) is 22.1 Å². The molecular formula is C11H10ClFN2O4S. The molecule has 0 atom stereocenters. The quantitative estimate of drug-likeness (QED) is 0.786. The van der Waals surface area contributed by atoms with Gasteiger partial charge < -0.3 is 9.26 Å². The van der Waals surface area contributed by atoms with E-state index in [1.165, 1.54) is 6.07 Å². The zero-order chi connectivity index (χ0) is 14.8. The minimum absolute atomic E-state index is 0.0899. The Morgan fingerprint density at radius 3 is 2.75 bits per heavy atom. The zero-order valence-electron chi connectivity index (χ0n) is 10.3. The van der Waals surface area contributed by atoms with Crippen molar-refractivity contribution in [3.05, 3.63) is 35.7 Å². The fraction of sp³-hybridized carbons (Fsp3) is 0.273. The Labute approximate surface area is 118 Å². The molecule has 1 heterocycles. The summed E-state index contributed by atoms with van der Waals surface area (Å²) in [7, 11) is 1.13. The number of aromatic nitrogens is 2. The number of nitrogens with zero attached hydrogens (tertiary/aromatic N) is 2. The molecule has 108 valence electrons. The summed E-state index contributed by atoms with van der Waals surface area (Å²) in [6.45, 7) is 1.76. The number of rotatable bonds is 5. The summed E-state index contributed by atoms with van der Waals surface area (Å²) in [5.74, 6) is -0.245. The van der Waals surface area contributed by atoms with E-state index < -0.39 is 14.9 Å². The summed E-state index contributed by atoms with van der Waals surface area (Å²) in [4.78, 5) is 3.65. The molecule has 0 unspecified atom stereocenters. The van der Waals surface area contributed by atoms with Crippen LogP contribution < -0.4 is 4.74 Å². The average molecular weight is 321 g/mol. The molecule has 6 nitrogen and oxygen atoms in total. The monoisotopic (exact) mass is 320 g/mol. The Morgan fingerprint density at radius 1 is 1.45 bits per heavy atom. The fourth-order valence-electron chi connectivity index (χ4n) is 1.38. The first-order valence-electron chi connectivity index (χ1n) is 5.58. The predicted octanol–water partition coefficient (Wildman–Crippen LogP) is 2.28. The molecule has 0 aliphatic carbocycles. The number of ether oxygens (including phenoxy) is 1. The standard InChI is InChI=1S/C11H10ClFN2O4S/c1-2-11-14-10(15-19-11)6-18-9-4-3-7(5-8(9)13)20(12,16)17/h3-5H,2,6H2,1H3. The van der Waals surface area contributed by atoms with Crippen molar-refractivity contribution in [1.29, 1.82) is 0 Å². The molecule has 20 heavy (non-hydrogen) atoms. The van der Waals surface area contributed by atoms with E-state index >= 15 is 0 Å². The van der Waals surface area contributed by atoms with Crippen LogP contribution in [0.2, 0.25) is 0 Å². The number of aryl methyl sites for hydroxylation is 1.